The fourth-order valence-electron chi connectivity index (χ4n) is 3.23. The van der Waals surface area contributed by atoms with Gasteiger partial charge < -0.3 is 20.0 Å². The maximum Gasteiger partial charge on any atom is 0.287 e. The number of carbonyl (C=O) groups is 3. The van der Waals surface area contributed by atoms with Crippen molar-refractivity contribution in [3.05, 3.63) is 59.5 Å². The number of nitrogens with one attached hydrogen (secondary N) is 2. The van der Waals surface area contributed by atoms with Crippen LogP contribution in [0.15, 0.2) is 47.1 Å². The largest absolute Gasteiger partial charge is 0.459 e. The summed E-state index contributed by atoms with van der Waals surface area (Å²) in [7, 11) is 0. The molecule has 1 fully saturated rings. The van der Waals surface area contributed by atoms with Gasteiger partial charge in [0.2, 0.25) is 11.8 Å². The van der Waals surface area contributed by atoms with E-state index in [9.17, 15) is 14.4 Å². The predicted molar refractivity (Wildman–Crippen MR) is 107 cm³/mol. The monoisotopic (exact) mass is 398 g/mol. The molecule has 3 amide bonds. The summed E-state index contributed by atoms with van der Waals surface area (Å²) in [4.78, 5) is 40.0. The van der Waals surface area contributed by atoms with Crippen LogP contribution < -0.4 is 10.6 Å². The Morgan fingerprint density at radius 3 is 2.48 bits per heavy atom. The van der Waals surface area contributed by atoms with E-state index in [4.69, 9.17) is 4.42 Å². The normalized spacial score (nSPS) is 14.4. The average Bonchev–Trinajstić information content (AvgIpc) is 3.26. The van der Waals surface area contributed by atoms with Crippen molar-refractivity contribution in [2.45, 2.75) is 13.5 Å². The molecule has 0 aliphatic carbocycles. The number of hydrogen-bond donors (Lipinski definition) is 2. The van der Waals surface area contributed by atoms with E-state index >= 15 is 0 Å². The lowest BCUT2D eigenvalue weighted by atomic mass is 10.1. The van der Waals surface area contributed by atoms with Crippen molar-refractivity contribution in [2.24, 2.45) is 0 Å². The Morgan fingerprint density at radius 1 is 1.00 bits per heavy atom. The Kier molecular flexibility index (Phi) is 7.02. The number of amides is 3. The Balaban J connectivity index is 1.34. The number of rotatable bonds is 7. The summed E-state index contributed by atoms with van der Waals surface area (Å²) in [6.07, 6.45) is 1.38. The number of carbonyl (C=O) groups excluding carboxylic acids is 3. The summed E-state index contributed by atoms with van der Waals surface area (Å²) in [5.74, 6) is -0.874. The third-order valence-electron chi connectivity index (χ3n) is 4.80. The van der Waals surface area contributed by atoms with Gasteiger partial charge in [0.25, 0.3) is 5.91 Å². The van der Waals surface area contributed by atoms with Crippen LogP contribution in [-0.4, -0.2) is 66.8 Å². The first-order valence-electron chi connectivity index (χ1n) is 9.65. The molecule has 154 valence electrons. The number of piperazine rings is 1. The van der Waals surface area contributed by atoms with Gasteiger partial charge in [-0.3, -0.25) is 19.3 Å². The van der Waals surface area contributed by atoms with Crippen molar-refractivity contribution in [2.75, 3.05) is 39.3 Å². The van der Waals surface area contributed by atoms with E-state index in [1.54, 1.807) is 11.0 Å². The first kappa shape index (κ1) is 20.6. The molecule has 0 bridgehead atoms. The van der Waals surface area contributed by atoms with E-state index in [-0.39, 0.29) is 24.8 Å². The van der Waals surface area contributed by atoms with Gasteiger partial charge in [-0.05, 0) is 24.6 Å². The second-order valence-corrected chi connectivity index (χ2v) is 7.08. The number of aryl methyl sites for hydroxylation is 1. The van der Waals surface area contributed by atoms with Crippen molar-refractivity contribution >= 4 is 17.7 Å². The first-order chi connectivity index (χ1) is 14.0. The molecular weight excluding hydrogens is 372 g/mol. The zero-order valence-corrected chi connectivity index (χ0v) is 16.5. The molecular formula is C21H26N4O4. The SMILES string of the molecule is Cc1cccc(CN2CCN(C(=O)CNC(=O)CNC(=O)c3ccco3)CC2)c1. The number of nitrogens with zero attached hydrogens (tertiary/aromatic N) is 2. The minimum Gasteiger partial charge on any atom is -0.459 e. The van der Waals surface area contributed by atoms with Crippen LogP contribution in [0.1, 0.15) is 21.7 Å². The smallest absolute Gasteiger partial charge is 0.287 e. The summed E-state index contributed by atoms with van der Waals surface area (Å²) in [5, 5.41) is 4.99. The quantitative estimate of drug-likeness (QED) is 0.719. The highest BCUT2D eigenvalue weighted by molar-refractivity contribution is 5.94. The van der Waals surface area contributed by atoms with Crippen LogP contribution in [0.4, 0.5) is 0 Å². The molecule has 1 aromatic carbocycles. The minimum absolute atomic E-state index is 0.0761. The van der Waals surface area contributed by atoms with E-state index in [0.29, 0.717) is 13.1 Å². The second-order valence-electron chi connectivity index (χ2n) is 7.08. The van der Waals surface area contributed by atoms with E-state index in [2.05, 4.69) is 46.7 Å². The summed E-state index contributed by atoms with van der Waals surface area (Å²) in [6.45, 7) is 5.53. The summed E-state index contributed by atoms with van der Waals surface area (Å²) < 4.78 is 4.95. The molecule has 29 heavy (non-hydrogen) atoms. The lowest BCUT2D eigenvalue weighted by Gasteiger charge is -2.34. The van der Waals surface area contributed by atoms with Crippen molar-refractivity contribution in [3.8, 4) is 0 Å². The summed E-state index contributed by atoms with van der Waals surface area (Å²) in [5.41, 5.74) is 2.51. The van der Waals surface area contributed by atoms with Gasteiger partial charge in [0.05, 0.1) is 19.4 Å². The molecule has 1 aromatic heterocycles. The Hall–Kier alpha value is -3.13. The van der Waals surface area contributed by atoms with Crippen LogP contribution in [0.3, 0.4) is 0 Å². The van der Waals surface area contributed by atoms with Crippen molar-refractivity contribution in [3.63, 3.8) is 0 Å². The molecule has 3 rings (SSSR count). The number of benzene rings is 1. The van der Waals surface area contributed by atoms with Gasteiger partial charge in [0.1, 0.15) is 0 Å². The lowest BCUT2D eigenvalue weighted by Crippen LogP contribution is -2.51. The predicted octanol–water partition coefficient (Wildman–Crippen LogP) is 0.778. The molecule has 0 radical (unpaired) electrons. The highest BCUT2D eigenvalue weighted by Crippen LogP contribution is 2.10. The molecule has 8 nitrogen and oxygen atoms in total. The van der Waals surface area contributed by atoms with Crippen molar-refractivity contribution in [1.82, 2.24) is 20.4 Å². The van der Waals surface area contributed by atoms with E-state index in [1.807, 2.05) is 0 Å². The molecule has 8 heteroatoms. The zero-order valence-electron chi connectivity index (χ0n) is 16.5. The van der Waals surface area contributed by atoms with Gasteiger partial charge in [-0.25, -0.2) is 0 Å². The van der Waals surface area contributed by atoms with Gasteiger partial charge in [0, 0.05) is 32.7 Å². The highest BCUT2D eigenvalue weighted by Gasteiger charge is 2.21. The molecule has 1 saturated heterocycles. The van der Waals surface area contributed by atoms with E-state index in [0.717, 1.165) is 19.6 Å². The van der Waals surface area contributed by atoms with Gasteiger partial charge >= 0.3 is 0 Å². The fourth-order valence-corrected chi connectivity index (χ4v) is 3.23. The molecule has 0 unspecified atom stereocenters. The van der Waals surface area contributed by atoms with Crippen LogP contribution >= 0.6 is 0 Å². The zero-order chi connectivity index (χ0) is 20.6. The van der Waals surface area contributed by atoms with Crippen LogP contribution in [0, 0.1) is 6.92 Å². The number of furan rings is 1. The second kappa shape index (κ2) is 9.88. The van der Waals surface area contributed by atoms with Crippen molar-refractivity contribution < 1.29 is 18.8 Å². The molecule has 1 aliphatic rings. The molecule has 2 N–H and O–H groups in total. The van der Waals surface area contributed by atoms with Crippen LogP contribution in [-0.2, 0) is 16.1 Å². The lowest BCUT2D eigenvalue weighted by molar-refractivity contribution is -0.134. The molecule has 0 atom stereocenters. The highest BCUT2D eigenvalue weighted by atomic mass is 16.3. The van der Waals surface area contributed by atoms with Gasteiger partial charge in [-0.1, -0.05) is 29.8 Å². The molecule has 0 spiro atoms. The summed E-state index contributed by atoms with van der Waals surface area (Å²) >= 11 is 0. The van der Waals surface area contributed by atoms with Crippen LogP contribution in [0.2, 0.25) is 0 Å². The number of hydrogen-bond acceptors (Lipinski definition) is 5. The Labute approximate surface area is 169 Å². The van der Waals surface area contributed by atoms with Crippen molar-refractivity contribution in [1.29, 1.82) is 0 Å². The maximum atomic E-state index is 12.3. The van der Waals surface area contributed by atoms with E-state index in [1.165, 1.54) is 23.5 Å². The molecule has 2 aromatic rings. The Bertz CT molecular complexity index is 842. The van der Waals surface area contributed by atoms with Gasteiger partial charge in [-0.2, -0.15) is 0 Å². The van der Waals surface area contributed by atoms with Crippen LogP contribution in [0.25, 0.3) is 0 Å². The average molecular weight is 398 g/mol. The van der Waals surface area contributed by atoms with Gasteiger partial charge in [-0.15, -0.1) is 0 Å². The fraction of sp³-hybridized carbons (Fsp3) is 0.381. The minimum atomic E-state index is -0.471. The first-order valence-corrected chi connectivity index (χ1v) is 9.65. The third kappa shape index (κ3) is 6.18. The standard InChI is InChI=1S/C21H26N4O4/c1-16-4-2-5-17(12-16)15-24-7-9-25(10-8-24)20(27)14-22-19(26)13-23-21(28)18-6-3-11-29-18/h2-6,11-12H,7-10,13-15H2,1H3,(H,22,26)(H,23,28). The molecule has 2 heterocycles. The van der Waals surface area contributed by atoms with Crippen LogP contribution in [0.5, 0.6) is 0 Å². The maximum absolute atomic E-state index is 12.3. The molecule has 1 aliphatic heterocycles. The topological polar surface area (TPSA) is 94.9 Å². The summed E-state index contributed by atoms with van der Waals surface area (Å²) in [6, 6.07) is 11.5. The van der Waals surface area contributed by atoms with E-state index < -0.39 is 11.8 Å². The molecule has 0 saturated carbocycles. The third-order valence-corrected chi connectivity index (χ3v) is 4.80. The van der Waals surface area contributed by atoms with Gasteiger partial charge in [0.15, 0.2) is 5.76 Å². The Morgan fingerprint density at radius 2 is 1.79 bits per heavy atom.